The van der Waals surface area contributed by atoms with Gasteiger partial charge in [-0.2, -0.15) is 0 Å². The Morgan fingerprint density at radius 2 is 1.50 bits per heavy atom. The summed E-state index contributed by atoms with van der Waals surface area (Å²) in [4.78, 5) is 11.9. The smallest absolute Gasteiger partial charge is 0.338 e. The summed E-state index contributed by atoms with van der Waals surface area (Å²) in [6, 6.07) is 9.59. The fourth-order valence-electron chi connectivity index (χ4n) is 2.06. The highest BCUT2D eigenvalue weighted by Crippen LogP contribution is 2.21. The molecule has 0 aliphatic heterocycles. The third-order valence-corrected chi connectivity index (χ3v) is 2.79. The molecule has 0 radical (unpaired) electrons. The third kappa shape index (κ3) is 3.51. The van der Waals surface area contributed by atoms with Crippen LogP contribution in [0.25, 0.3) is 0 Å². The first-order chi connectivity index (χ1) is 9.44. The number of ether oxygens (including phenoxy) is 1. The van der Waals surface area contributed by atoms with Gasteiger partial charge in [0.05, 0.1) is 5.56 Å². The predicted octanol–water partition coefficient (Wildman–Crippen LogP) is 3.07. The number of rotatable bonds is 3. The van der Waals surface area contributed by atoms with Gasteiger partial charge in [-0.05, 0) is 43.7 Å². The Bertz CT molecular complexity index is 606. The molecule has 2 aromatic carbocycles. The summed E-state index contributed by atoms with van der Waals surface area (Å²) in [5.41, 5.74) is 3.01. The highest BCUT2D eigenvalue weighted by Gasteiger charge is 2.09. The fraction of sp³-hybridized carbons (Fsp3) is 0.188. The van der Waals surface area contributed by atoms with Crippen LogP contribution in [0.3, 0.4) is 0 Å². The second kappa shape index (κ2) is 5.65. The maximum absolute atomic E-state index is 11.9. The van der Waals surface area contributed by atoms with E-state index in [0.717, 1.165) is 11.1 Å². The normalized spacial score (nSPS) is 10.3. The quantitative estimate of drug-likeness (QED) is 0.843. The Labute approximate surface area is 117 Å². The number of phenolic OH excluding ortho intramolecular Hbond substituents is 2. The third-order valence-electron chi connectivity index (χ3n) is 2.79. The average Bonchev–Trinajstić information content (AvgIpc) is 2.33. The molecule has 0 unspecified atom stereocenters. The number of esters is 1. The first-order valence-corrected chi connectivity index (χ1v) is 6.21. The van der Waals surface area contributed by atoms with Crippen LogP contribution < -0.4 is 0 Å². The molecule has 0 fully saturated rings. The second-order valence-corrected chi connectivity index (χ2v) is 4.81. The van der Waals surface area contributed by atoms with Crippen molar-refractivity contribution in [3.05, 3.63) is 58.7 Å². The number of phenols is 2. The Hall–Kier alpha value is -2.49. The van der Waals surface area contributed by atoms with Crippen LogP contribution in [0.1, 0.15) is 27.0 Å². The molecule has 20 heavy (non-hydrogen) atoms. The number of hydrogen-bond donors (Lipinski definition) is 2. The lowest BCUT2D eigenvalue weighted by atomic mass is 10.1. The van der Waals surface area contributed by atoms with Gasteiger partial charge in [0.25, 0.3) is 0 Å². The zero-order chi connectivity index (χ0) is 14.7. The largest absolute Gasteiger partial charge is 0.508 e. The van der Waals surface area contributed by atoms with E-state index >= 15 is 0 Å². The molecular formula is C16H16O4. The molecular weight excluding hydrogens is 256 g/mol. The topological polar surface area (TPSA) is 66.8 Å². The van der Waals surface area contributed by atoms with E-state index in [1.165, 1.54) is 18.2 Å². The Kier molecular flexibility index (Phi) is 3.94. The SMILES string of the molecule is Cc1cc(C)cc(C(=O)OCc2cc(O)cc(O)c2)c1. The minimum atomic E-state index is -0.431. The van der Waals surface area contributed by atoms with Crippen LogP contribution in [0.4, 0.5) is 0 Å². The van der Waals surface area contributed by atoms with E-state index in [2.05, 4.69) is 0 Å². The van der Waals surface area contributed by atoms with Gasteiger partial charge in [-0.3, -0.25) is 0 Å². The van der Waals surface area contributed by atoms with Crippen molar-refractivity contribution in [2.45, 2.75) is 20.5 Å². The molecule has 0 aromatic heterocycles. The van der Waals surface area contributed by atoms with Gasteiger partial charge in [-0.15, -0.1) is 0 Å². The molecule has 4 nitrogen and oxygen atoms in total. The first-order valence-electron chi connectivity index (χ1n) is 6.21. The van der Waals surface area contributed by atoms with E-state index in [4.69, 9.17) is 4.74 Å². The molecule has 0 saturated heterocycles. The predicted molar refractivity (Wildman–Crippen MR) is 74.8 cm³/mol. The average molecular weight is 272 g/mol. The molecule has 0 aliphatic rings. The van der Waals surface area contributed by atoms with Crippen LogP contribution in [0, 0.1) is 13.8 Å². The van der Waals surface area contributed by atoms with Crippen molar-refractivity contribution in [2.75, 3.05) is 0 Å². The van der Waals surface area contributed by atoms with Crippen molar-refractivity contribution >= 4 is 5.97 Å². The van der Waals surface area contributed by atoms with Gasteiger partial charge in [0.2, 0.25) is 0 Å². The van der Waals surface area contributed by atoms with Crippen molar-refractivity contribution < 1.29 is 19.7 Å². The number of carbonyl (C=O) groups is 1. The Morgan fingerprint density at radius 1 is 0.950 bits per heavy atom. The van der Waals surface area contributed by atoms with Gasteiger partial charge in [0, 0.05) is 6.07 Å². The molecule has 2 N–H and O–H groups in total. The summed E-state index contributed by atoms with van der Waals surface area (Å²) >= 11 is 0. The van der Waals surface area contributed by atoms with Crippen LogP contribution >= 0.6 is 0 Å². The molecule has 4 heteroatoms. The number of hydrogen-bond acceptors (Lipinski definition) is 4. The standard InChI is InChI=1S/C16H16O4/c1-10-3-11(2)5-13(4-10)16(19)20-9-12-6-14(17)8-15(18)7-12/h3-8,17-18H,9H2,1-2H3. The van der Waals surface area contributed by atoms with E-state index < -0.39 is 5.97 Å². The zero-order valence-electron chi connectivity index (χ0n) is 11.4. The number of benzene rings is 2. The van der Waals surface area contributed by atoms with Gasteiger partial charge in [-0.25, -0.2) is 4.79 Å². The van der Waals surface area contributed by atoms with Crippen LogP contribution in [0.15, 0.2) is 36.4 Å². The van der Waals surface area contributed by atoms with Crippen molar-refractivity contribution in [3.63, 3.8) is 0 Å². The molecule has 2 rings (SSSR count). The van der Waals surface area contributed by atoms with Gasteiger partial charge in [-0.1, -0.05) is 17.2 Å². The molecule has 0 spiro atoms. The van der Waals surface area contributed by atoms with E-state index in [-0.39, 0.29) is 18.1 Å². The summed E-state index contributed by atoms with van der Waals surface area (Å²) in [6.45, 7) is 3.82. The number of aryl methyl sites for hydroxylation is 2. The van der Waals surface area contributed by atoms with Crippen molar-refractivity contribution in [1.29, 1.82) is 0 Å². The van der Waals surface area contributed by atoms with E-state index in [0.29, 0.717) is 11.1 Å². The lowest BCUT2D eigenvalue weighted by Crippen LogP contribution is -2.06. The second-order valence-electron chi connectivity index (χ2n) is 4.81. The molecule has 0 heterocycles. The summed E-state index contributed by atoms with van der Waals surface area (Å²) in [5, 5.41) is 18.7. The Balaban J connectivity index is 2.08. The van der Waals surface area contributed by atoms with E-state index in [1.807, 2.05) is 19.9 Å². The van der Waals surface area contributed by atoms with Gasteiger partial charge >= 0.3 is 5.97 Å². The lowest BCUT2D eigenvalue weighted by molar-refractivity contribution is 0.0472. The van der Waals surface area contributed by atoms with Crippen LogP contribution in [0.5, 0.6) is 11.5 Å². The highest BCUT2D eigenvalue weighted by molar-refractivity contribution is 5.89. The van der Waals surface area contributed by atoms with Gasteiger partial charge < -0.3 is 14.9 Å². The van der Waals surface area contributed by atoms with Crippen molar-refractivity contribution in [3.8, 4) is 11.5 Å². The van der Waals surface area contributed by atoms with Crippen molar-refractivity contribution in [2.24, 2.45) is 0 Å². The first kappa shape index (κ1) is 13.9. The summed E-state index contributed by atoms with van der Waals surface area (Å²) in [5.74, 6) is -0.565. The zero-order valence-corrected chi connectivity index (χ0v) is 11.4. The summed E-state index contributed by atoms with van der Waals surface area (Å²) < 4.78 is 5.17. The lowest BCUT2D eigenvalue weighted by Gasteiger charge is -2.07. The van der Waals surface area contributed by atoms with Gasteiger partial charge in [0.1, 0.15) is 18.1 Å². The molecule has 104 valence electrons. The monoisotopic (exact) mass is 272 g/mol. The van der Waals surface area contributed by atoms with E-state index in [1.54, 1.807) is 12.1 Å². The summed E-state index contributed by atoms with van der Waals surface area (Å²) in [6.07, 6.45) is 0. The molecule has 0 amide bonds. The van der Waals surface area contributed by atoms with Crippen molar-refractivity contribution in [1.82, 2.24) is 0 Å². The minimum absolute atomic E-state index is 0.00617. The number of aromatic hydroxyl groups is 2. The van der Waals surface area contributed by atoms with Crippen LogP contribution in [-0.4, -0.2) is 16.2 Å². The molecule has 2 aromatic rings. The van der Waals surface area contributed by atoms with Crippen LogP contribution in [-0.2, 0) is 11.3 Å². The highest BCUT2D eigenvalue weighted by atomic mass is 16.5. The molecule has 0 atom stereocenters. The minimum Gasteiger partial charge on any atom is -0.508 e. The molecule has 0 bridgehead atoms. The summed E-state index contributed by atoms with van der Waals surface area (Å²) in [7, 11) is 0. The fourth-order valence-corrected chi connectivity index (χ4v) is 2.06. The van der Waals surface area contributed by atoms with E-state index in [9.17, 15) is 15.0 Å². The molecule has 0 aliphatic carbocycles. The van der Waals surface area contributed by atoms with Gasteiger partial charge in [0.15, 0.2) is 0 Å². The maximum atomic E-state index is 11.9. The molecule has 0 saturated carbocycles. The number of carbonyl (C=O) groups excluding carboxylic acids is 1. The Morgan fingerprint density at radius 3 is 2.05 bits per heavy atom. The maximum Gasteiger partial charge on any atom is 0.338 e. The van der Waals surface area contributed by atoms with Crippen LogP contribution in [0.2, 0.25) is 0 Å².